The van der Waals surface area contributed by atoms with Crippen molar-refractivity contribution >= 4 is 11.6 Å². The fourth-order valence-corrected chi connectivity index (χ4v) is 10.3. The first-order valence-corrected chi connectivity index (χ1v) is 16.0. The van der Waals surface area contributed by atoms with Gasteiger partial charge < -0.3 is 14.9 Å². The first-order chi connectivity index (χ1) is 18.6. The summed E-state index contributed by atoms with van der Waals surface area (Å²) in [6, 6.07) is 0. The lowest BCUT2D eigenvalue weighted by Crippen LogP contribution is -2.51. The molecule has 6 nitrogen and oxygen atoms in total. The molecule has 0 aromatic carbocycles. The number of carbonyl (C=O) groups is 1. The van der Waals surface area contributed by atoms with Gasteiger partial charge in [-0.05, 0) is 105 Å². The van der Waals surface area contributed by atoms with E-state index in [2.05, 4.69) is 48.7 Å². The average molecular weight is 537 g/mol. The molecule has 1 saturated heterocycles. The van der Waals surface area contributed by atoms with Gasteiger partial charge in [0.25, 0.3) is 0 Å². The quantitative estimate of drug-likeness (QED) is 0.488. The summed E-state index contributed by atoms with van der Waals surface area (Å²) in [5.74, 6) is 4.14. The Bertz CT molecular complexity index is 1100. The molecule has 4 fully saturated rings. The van der Waals surface area contributed by atoms with Gasteiger partial charge in [0.2, 0.25) is 5.91 Å². The first-order valence-electron chi connectivity index (χ1n) is 16.0. The van der Waals surface area contributed by atoms with Gasteiger partial charge in [-0.3, -0.25) is 9.48 Å². The average Bonchev–Trinajstić information content (AvgIpc) is 3.46. The van der Waals surface area contributed by atoms with Crippen molar-refractivity contribution in [2.75, 3.05) is 31.1 Å². The maximum atomic E-state index is 13.2. The SMILES string of the molecule is Cc1c(N2CCN(C(=O)CC[C@@H](C)[C@H]3CC[C@H]4[C@@H]5CC=C6C[C@@H](O)CC[C@]6(C)[C@H]5CC[C@]34C)CC2)cnn1C. The third-order valence-corrected chi connectivity index (χ3v) is 12.8. The fraction of sp³-hybridized carbons (Fsp3) is 0.818. The maximum absolute atomic E-state index is 13.2. The molecule has 4 aliphatic carbocycles. The summed E-state index contributed by atoms with van der Waals surface area (Å²) in [5.41, 5.74) is 4.71. The van der Waals surface area contributed by atoms with Crippen LogP contribution in [0.5, 0.6) is 0 Å². The van der Waals surface area contributed by atoms with Crippen molar-refractivity contribution in [3.63, 3.8) is 0 Å². The minimum absolute atomic E-state index is 0.122. The zero-order valence-electron chi connectivity index (χ0n) is 25.2. The third kappa shape index (κ3) is 4.57. The second-order valence-corrected chi connectivity index (χ2v) is 14.5. The van der Waals surface area contributed by atoms with Crippen LogP contribution in [-0.4, -0.2) is 58.0 Å². The Labute approximate surface area is 236 Å². The largest absolute Gasteiger partial charge is 0.393 e. The smallest absolute Gasteiger partial charge is 0.222 e. The van der Waals surface area contributed by atoms with Crippen molar-refractivity contribution in [1.82, 2.24) is 14.7 Å². The molecule has 39 heavy (non-hydrogen) atoms. The number of aromatic nitrogens is 2. The number of nitrogens with zero attached hydrogens (tertiary/aromatic N) is 4. The van der Waals surface area contributed by atoms with Crippen LogP contribution >= 0.6 is 0 Å². The van der Waals surface area contributed by atoms with E-state index in [1.165, 1.54) is 49.9 Å². The molecule has 1 aromatic rings. The minimum Gasteiger partial charge on any atom is -0.393 e. The molecule has 6 heteroatoms. The van der Waals surface area contributed by atoms with Gasteiger partial charge in [-0.2, -0.15) is 5.10 Å². The first kappa shape index (κ1) is 27.4. The summed E-state index contributed by atoms with van der Waals surface area (Å²) in [5, 5.41) is 14.7. The molecule has 5 aliphatic rings. The summed E-state index contributed by atoms with van der Waals surface area (Å²) in [4.78, 5) is 17.7. The van der Waals surface area contributed by atoms with E-state index < -0.39 is 0 Å². The second kappa shape index (κ2) is 10.2. The Morgan fingerprint density at radius 2 is 1.87 bits per heavy atom. The predicted octanol–water partition coefficient (Wildman–Crippen LogP) is 5.73. The summed E-state index contributed by atoms with van der Waals surface area (Å²) in [6.07, 6.45) is 15.8. The number of anilines is 1. The number of amides is 1. The van der Waals surface area contributed by atoms with Crippen LogP contribution in [0.25, 0.3) is 0 Å². The van der Waals surface area contributed by atoms with Gasteiger partial charge in [-0.25, -0.2) is 0 Å². The van der Waals surface area contributed by atoms with Crippen molar-refractivity contribution in [3.8, 4) is 0 Å². The normalized spacial score (nSPS) is 39.0. The van der Waals surface area contributed by atoms with E-state index >= 15 is 0 Å². The number of allylic oxidation sites excluding steroid dienone is 1. The molecule has 0 radical (unpaired) electrons. The van der Waals surface area contributed by atoms with Crippen LogP contribution in [0.3, 0.4) is 0 Å². The highest BCUT2D eigenvalue weighted by atomic mass is 16.3. The second-order valence-electron chi connectivity index (χ2n) is 14.5. The molecule has 0 spiro atoms. The van der Waals surface area contributed by atoms with Crippen LogP contribution in [0.1, 0.15) is 90.7 Å². The number of hydrogen-bond donors (Lipinski definition) is 1. The van der Waals surface area contributed by atoms with Gasteiger partial charge in [0.05, 0.1) is 23.7 Å². The van der Waals surface area contributed by atoms with Crippen LogP contribution in [0.4, 0.5) is 5.69 Å². The Hall–Kier alpha value is -1.82. The molecule has 1 amide bonds. The Morgan fingerprint density at radius 3 is 2.59 bits per heavy atom. The topological polar surface area (TPSA) is 61.6 Å². The van der Waals surface area contributed by atoms with Gasteiger partial charge in [0.15, 0.2) is 0 Å². The van der Waals surface area contributed by atoms with E-state index in [1.807, 2.05) is 17.9 Å². The Morgan fingerprint density at radius 1 is 1.10 bits per heavy atom. The molecule has 0 bridgehead atoms. The Kier molecular flexibility index (Phi) is 7.17. The van der Waals surface area contributed by atoms with E-state index in [-0.39, 0.29) is 6.10 Å². The number of piperazine rings is 1. The van der Waals surface area contributed by atoms with E-state index in [0.29, 0.717) is 29.1 Å². The van der Waals surface area contributed by atoms with Crippen LogP contribution in [0.2, 0.25) is 0 Å². The molecule has 1 aromatic heterocycles. The molecule has 3 saturated carbocycles. The molecule has 2 heterocycles. The monoisotopic (exact) mass is 536 g/mol. The summed E-state index contributed by atoms with van der Waals surface area (Å²) in [7, 11) is 1.99. The standard InChI is InChI=1S/C33H52N4O2/c1-22(6-11-31(39)37-18-16-36(17-19-37)30-21-34-35(5)23(30)2)27-9-10-28-26-8-7-24-20-25(38)12-14-32(24,3)29(26)13-15-33(27,28)4/h7,21-22,25-29,38H,6,8-20H2,1-5H3/t22-,25+,26+,27-,28+,29+,32+,33-/m1/s1. The van der Waals surface area contributed by atoms with Crippen molar-refractivity contribution < 1.29 is 9.90 Å². The molecule has 1 aliphatic heterocycles. The predicted molar refractivity (Wildman–Crippen MR) is 156 cm³/mol. The Balaban J connectivity index is 1.04. The van der Waals surface area contributed by atoms with Crippen LogP contribution < -0.4 is 4.90 Å². The van der Waals surface area contributed by atoms with E-state index in [4.69, 9.17) is 0 Å². The van der Waals surface area contributed by atoms with Crippen LogP contribution in [0, 0.1) is 47.3 Å². The molecule has 1 N–H and O–H groups in total. The summed E-state index contributed by atoms with van der Waals surface area (Å²) < 4.78 is 1.93. The number of fused-ring (bicyclic) bond motifs is 5. The summed E-state index contributed by atoms with van der Waals surface area (Å²) >= 11 is 0. The molecule has 8 atom stereocenters. The molecular weight excluding hydrogens is 484 g/mol. The van der Waals surface area contributed by atoms with E-state index in [9.17, 15) is 9.90 Å². The third-order valence-electron chi connectivity index (χ3n) is 12.8. The summed E-state index contributed by atoms with van der Waals surface area (Å²) in [6.45, 7) is 13.1. The minimum atomic E-state index is -0.122. The van der Waals surface area contributed by atoms with Crippen LogP contribution in [-0.2, 0) is 11.8 Å². The van der Waals surface area contributed by atoms with E-state index in [0.717, 1.165) is 69.1 Å². The van der Waals surface area contributed by atoms with Gasteiger partial charge >= 0.3 is 0 Å². The number of hydrogen-bond acceptors (Lipinski definition) is 4. The fourth-order valence-electron chi connectivity index (χ4n) is 10.3. The zero-order chi connectivity index (χ0) is 27.5. The van der Waals surface area contributed by atoms with Crippen molar-refractivity contribution in [1.29, 1.82) is 0 Å². The van der Waals surface area contributed by atoms with Crippen LogP contribution in [0.15, 0.2) is 17.8 Å². The van der Waals surface area contributed by atoms with Gasteiger partial charge in [-0.15, -0.1) is 0 Å². The number of rotatable bonds is 5. The molecule has 0 unspecified atom stereocenters. The van der Waals surface area contributed by atoms with Gasteiger partial charge in [0.1, 0.15) is 0 Å². The highest BCUT2D eigenvalue weighted by Crippen LogP contribution is 2.67. The van der Waals surface area contributed by atoms with Gasteiger partial charge in [-0.1, -0.05) is 32.4 Å². The number of aliphatic hydroxyl groups is 1. The molecule has 6 rings (SSSR count). The lowest BCUT2D eigenvalue weighted by molar-refractivity contribution is -0.132. The zero-order valence-corrected chi connectivity index (χ0v) is 25.2. The number of carbonyl (C=O) groups excluding carboxylic acids is 1. The lowest BCUT2D eigenvalue weighted by atomic mass is 9.47. The van der Waals surface area contributed by atoms with E-state index in [1.54, 1.807) is 5.57 Å². The maximum Gasteiger partial charge on any atom is 0.222 e. The van der Waals surface area contributed by atoms with Crippen molar-refractivity contribution in [3.05, 3.63) is 23.5 Å². The van der Waals surface area contributed by atoms with Gasteiger partial charge in [0, 0.05) is 39.6 Å². The molecular formula is C33H52N4O2. The number of aliphatic hydroxyl groups excluding tert-OH is 1. The highest BCUT2D eigenvalue weighted by molar-refractivity contribution is 5.76. The number of aryl methyl sites for hydroxylation is 1. The molecule has 216 valence electrons. The highest BCUT2D eigenvalue weighted by Gasteiger charge is 2.59. The lowest BCUT2D eigenvalue weighted by Gasteiger charge is -2.58. The van der Waals surface area contributed by atoms with Crippen molar-refractivity contribution in [2.24, 2.45) is 47.5 Å². The van der Waals surface area contributed by atoms with Crippen molar-refractivity contribution in [2.45, 2.75) is 98.0 Å².